The van der Waals surface area contributed by atoms with Gasteiger partial charge in [-0.15, -0.1) is 0 Å². The Bertz CT molecular complexity index is 775. The van der Waals surface area contributed by atoms with E-state index in [1.165, 1.54) is 5.56 Å². The predicted octanol–water partition coefficient (Wildman–Crippen LogP) is 2.17. The summed E-state index contributed by atoms with van der Waals surface area (Å²) in [5, 5.41) is 2.98. The molecule has 2 atom stereocenters. The second-order valence-corrected chi connectivity index (χ2v) is 7.29. The van der Waals surface area contributed by atoms with E-state index in [-0.39, 0.29) is 6.03 Å². The second kappa shape index (κ2) is 7.94. The number of pyridine rings is 1. The zero-order chi connectivity index (χ0) is 18.6. The van der Waals surface area contributed by atoms with Crippen LogP contribution in [0.5, 0.6) is 0 Å². The number of carbonyl (C=O) groups is 1. The maximum Gasteiger partial charge on any atom is 0.321 e. The molecule has 0 bridgehead atoms. The van der Waals surface area contributed by atoms with Gasteiger partial charge in [0.2, 0.25) is 0 Å². The molecule has 0 radical (unpaired) electrons. The fourth-order valence-electron chi connectivity index (χ4n) is 4.17. The van der Waals surface area contributed by atoms with Gasteiger partial charge in [0.05, 0.1) is 0 Å². The van der Waals surface area contributed by atoms with E-state index >= 15 is 0 Å². The molecule has 2 saturated heterocycles. The van der Waals surface area contributed by atoms with Gasteiger partial charge < -0.3 is 16.0 Å². The standard InChI is InChI=1S/C20H26N6O/c21-18-12-15(6-9-22-18)17-13-23-25-19(17)14-7-10-26(11-8-14)20(27)24-16-4-2-1-3-5-16/h1-6,9,12,14,17,19,23,25H,7-8,10-11,13H2,(H2,21,22)(H,24,27). The molecule has 2 aliphatic rings. The zero-order valence-corrected chi connectivity index (χ0v) is 15.3. The highest BCUT2D eigenvalue weighted by Gasteiger charge is 2.37. The van der Waals surface area contributed by atoms with Crippen LogP contribution in [0.15, 0.2) is 48.7 Å². The lowest BCUT2D eigenvalue weighted by Crippen LogP contribution is -2.46. The van der Waals surface area contributed by atoms with Gasteiger partial charge in [0.25, 0.3) is 0 Å². The number of hydrogen-bond acceptors (Lipinski definition) is 5. The van der Waals surface area contributed by atoms with Crippen LogP contribution in [0.3, 0.4) is 0 Å². The summed E-state index contributed by atoms with van der Waals surface area (Å²) in [5.41, 5.74) is 14.7. The number of nitrogen functional groups attached to an aromatic ring is 1. The van der Waals surface area contributed by atoms with Gasteiger partial charge in [0.1, 0.15) is 5.82 Å². The Balaban J connectivity index is 1.35. The van der Waals surface area contributed by atoms with Crippen LogP contribution in [0.2, 0.25) is 0 Å². The summed E-state index contributed by atoms with van der Waals surface area (Å²) < 4.78 is 0. The third-order valence-electron chi connectivity index (χ3n) is 5.62. The van der Waals surface area contributed by atoms with Crippen LogP contribution < -0.4 is 21.9 Å². The lowest BCUT2D eigenvalue weighted by molar-refractivity contribution is 0.166. The van der Waals surface area contributed by atoms with Gasteiger partial charge in [-0.25, -0.2) is 9.78 Å². The van der Waals surface area contributed by atoms with Crippen LogP contribution in [0, 0.1) is 5.92 Å². The predicted molar refractivity (Wildman–Crippen MR) is 106 cm³/mol. The highest BCUT2D eigenvalue weighted by molar-refractivity contribution is 5.89. The summed E-state index contributed by atoms with van der Waals surface area (Å²) in [6.07, 6.45) is 3.74. The maximum absolute atomic E-state index is 12.5. The Morgan fingerprint density at radius 2 is 1.96 bits per heavy atom. The zero-order valence-electron chi connectivity index (χ0n) is 15.3. The van der Waals surface area contributed by atoms with Gasteiger partial charge in [-0.3, -0.25) is 10.9 Å². The first kappa shape index (κ1) is 17.8. The van der Waals surface area contributed by atoms with E-state index < -0.39 is 0 Å². The van der Waals surface area contributed by atoms with E-state index in [0.29, 0.717) is 23.7 Å². The number of hydrogen-bond donors (Lipinski definition) is 4. The van der Waals surface area contributed by atoms with Gasteiger partial charge in [-0.05, 0) is 48.6 Å². The Kier molecular flexibility index (Phi) is 5.22. The van der Waals surface area contributed by atoms with Gasteiger partial charge in [0, 0.05) is 43.5 Å². The summed E-state index contributed by atoms with van der Waals surface area (Å²) in [6.45, 7) is 2.42. The molecular weight excluding hydrogens is 340 g/mol. The molecule has 5 N–H and O–H groups in total. The van der Waals surface area contributed by atoms with Crippen molar-refractivity contribution in [2.45, 2.75) is 24.8 Å². The van der Waals surface area contributed by atoms with Crippen molar-refractivity contribution in [2.75, 3.05) is 30.7 Å². The molecule has 0 aliphatic carbocycles. The molecule has 2 fully saturated rings. The lowest BCUT2D eigenvalue weighted by atomic mass is 9.80. The lowest BCUT2D eigenvalue weighted by Gasteiger charge is -2.36. The molecule has 2 unspecified atom stereocenters. The van der Waals surface area contributed by atoms with Crippen LogP contribution in [0.25, 0.3) is 0 Å². The Labute approximate surface area is 159 Å². The third kappa shape index (κ3) is 4.04. The summed E-state index contributed by atoms with van der Waals surface area (Å²) >= 11 is 0. The smallest absolute Gasteiger partial charge is 0.321 e. The van der Waals surface area contributed by atoms with Gasteiger partial charge in [-0.2, -0.15) is 0 Å². The number of hydrazine groups is 1. The molecule has 2 amide bonds. The molecule has 1 aromatic heterocycles. The van der Waals surface area contributed by atoms with Crippen LogP contribution in [-0.4, -0.2) is 41.6 Å². The van der Waals surface area contributed by atoms with Crippen LogP contribution >= 0.6 is 0 Å². The number of nitrogens with two attached hydrogens (primary N) is 1. The summed E-state index contributed by atoms with van der Waals surface area (Å²) in [5.74, 6) is 1.44. The molecule has 7 heteroatoms. The number of piperidine rings is 1. The van der Waals surface area contributed by atoms with Gasteiger partial charge in [-0.1, -0.05) is 18.2 Å². The van der Waals surface area contributed by atoms with Crippen molar-refractivity contribution in [1.82, 2.24) is 20.7 Å². The van der Waals surface area contributed by atoms with Crippen molar-refractivity contribution in [3.05, 3.63) is 54.2 Å². The summed E-state index contributed by atoms with van der Waals surface area (Å²) in [7, 11) is 0. The van der Waals surface area contributed by atoms with Crippen LogP contribution in [0.1, 0.15) is 24.3 Å². The fraction of sp³-hybridized carbons (Fsp3) is 0.400. The van der Waals surface area contributed by atoms with Crippen LogP contribution in [-0.2, 0) is 0 Å². The molecule has 0 spiro atoms. The number of benzene rings is 1. The SMILES string of the molecule is Nc1cc(C2CNNC2C2CCN(C(=O)Nc3ccccc3)CC2)ccn1. The number of carbonyl (C=O) groups excluding carboxylic acids is 1. The Hall–Kier alpha value is -2.64. The monoisotopic (exact) mass is 366 g/mol. The van der Waals surface area contributed by atoms with E-state index in [0.717, 1.165) is 38.2 Å². The van der Waals surface area contributed by atoms with E-state index in [9.17, 15) is 4.79 Å². The highest BCUT2D eigenvalue weighted by Crippen LogP contribution is 2.32. The van der Waals surface area contributed by atoms with E-state index in [1.807, 2.05) is 47.4 Å². The first-order valence-electron chi connectivity index (χ1n) is 9.51. The Morgan fingerprint density at radius 3 is 2.70 bits per heavy atom. The number of nitrogens with zero attached hydrogens (tertiary/aromatic N) is 2. The highest BCUT2D eigenvalue weighted by atomic mass is 16.2. The number of para-hydroxylation sites is 1. The molecule has 3 heterocycles. The quantitative estimate of drug-likeness (QED) is 0.668. The van der Waals surface area contributed by atoms with E-state index in [2.05, 4.69) is 21.2 Å². The van der Waals surface area contributed by atoms with Gasteiger partial charge >= 0.3 is 6.03 Å². The number of rotatable bonds is 3. The summed E-state index contributed by atoms with van der Waals surface area (Å²) in [6, 6.07) is 13.9. The van der Waals surface area contributed by atoms with Crippen molar-refractivity contribution in [2.24, 2.45) is 5.92 Å². The molecule has 2 aliphatic heterocycles. The summed E-state index contributed by atoms with van der Waals surface area (Å²) in [4.78, 5) is 18.5. The first-order chi connectivity index (χ1) is 13.2. The molecule has 2 aromatic rings. The molecular formula is C20H26N6O. The number of likely N-dealkylation sites (tertiary alicyclic amines) is 1. The minimum absolute atomic E-state index is 0.0180. The minimum Gasteiger partial charge on any atom is -0.384 e. The van der Waals surface area contributed by atoms with Crippen molar-refractivity contribution in [1.29, 1.82) is 0 Å². The fourth-order valence-corrected chi connectivity index (χ4v) is 4.17. The van der Waals surface area contributed by atoms with E-state index in [1.54, 1.807) is 6.20 Å². The minimum atomic E-state index is -0.0180. The largest absolute Gasteiger partial charge is 0.384 e. The Morgan fingerprint density at radius 1 is 1.19 bits per heavy atom. The van der Waals surface area contributed by atoms with E-state index in [4.69, 9.17) is 5.73 Å². The topological polar surface area (TPSA) is 95.3 Å². The number of nitrogens with one attached hydrogen (secondary N) is 3. The number of aromatic nitrogens is 1. The molecule has 142 valence electrons. The van der Waals surface area contributed by atoms with Crippen molar-refractivity contribution < 1.29 is 4.79 Å². The number of amides is 2. The average Bonchev–Trinajstić information content (AvgIpc) is 3.19. The van der Waals surface area contributed by atoms with Crippen molar-refractivity contribution >= 4 is 17.5 Å². The van der Waals surface area contributed by atoms with Gasteiger partial charge in [0.15, 0.2) is 0 Å². The first-order valence-corrected chi connectivity index (χ1v) is 9.51. The molecule has 1 aromatic carbocycles. The number of urea groups is 1. The molecule has 4 rings (SSSR count). The van der Waals surface area contributed by atoms with Crippen LogP contribution in [0.4, 0.5) is 16.3 Å². The third-order valence-corrected chi connectivity index (χ3v) is 5.62. The molecule has 0 saturated carbocycles. The molecule has 7 nitrogen and oxygen atoms in total. The number of anilines is 2. The van der Waals surface area contributed by atoms with Crippen molar-refractivity contribution in [3.8, 4) is 0 Å². The second-order valence-electron chi connectivity index (χ2n) is 7.29. The molecule has 27 heavy (non-hydrogen) atoms. The normalized spacial score (nSPS) is 23.3. The average molecular weight is 366 g/mol. The van der Waals surface area contributed by atoms with Crippen molar-refractivity contribution in [3.63, 3.8) is 0 Å². The maximum atomic E-state index is 12.5.